The second-order valence-corrected chi connectivity index (χ2v) is 6.46. The van der Waals surface area contributed by atoms with E-state index in [0.717, 1.165) is 27.8 Å². The Kier molecular flexibility index (Phi) is 4.20. The van der Waals surface area contributed by atoms with Gasteiger partial charge in [0.2, 0.25) is 5.89 Å². The van der Waals surface area contributed by atoms with Crippen molar-refractivity contribution >= 4 is 22.7 Å². The Bertz CT molecular complexity index is 1150. The second-order valence-electron chi connectivity index (χ2n) is 6.46. The minimum absolute atomic E-state index is 0.00590. The molecule has 4 nitrogen and oxygen atoms in total. The number of carbonyl (C=O) groups excluding carboxylic acids is 1. The fourth-order valence-electron chi connectivity index (χ4n) is 3.04. The summed E-state index contributed by atoms with van der Waals surface area (Å²) in [5.74, 6) is -0.525. The van der Waals surface area contributed by atoms with Crippen molar-refractivity contribution in [3.63, 3.8) is 0 Å². The molecule has 4 aromatic rings. The van der Waals surface area contributed by atoms with Crippen molar-refractivity contribution in [2.75, 3.05) is 5.32 Å². The standard InChI is InChI=1S/C22H17FN2O2/c1-13-11-14(2)20-19(12-13)25-22(27-20)15-7-9-16(10-8-15)24-21(26)17-5-3-4-6-18(17)23/h3-12H,1-2H3,(H,24,26). The number of nitrogens with zero attached hydrogens (tertiary/aromatic N) is 1. The Balaban J connectivity index is 1.58. The van der Waals surface area contributed by atoms with Gasteiger partial charge in [0.15, 0.2) is 5.58 Å². The van der Waals surface area contributed by atoms with Gasteiger partial charge in [0.25, 0.3) is 5.91 Å². The number of aryl methyl sites for hydroxylation is 2. The maximum atomic E-state index is 13.7. The highest BCUT2D eigenvalue weighted by atomic mass is 19.1. The van der Waals surface area contributed by atoms with Crippen molar-refractivity contribution < 1.29 is 13.6 Å². The third-order valence-corrected chi connectivity index (χ3v) is 4.33. The molecule has 1 heterocycles. The van der Waals surface area contributed by atoms with E-state index in [0.29, 0.717) is 11.6 Å². The second kappa shape index (κ2) is 6.68. The summed E-state index contributed by atoms with van der Waals surface area (Å²) in [4.78, 5) is 16.7. The number of fused-ring (bicyclic) bond motifs is 1. The largest absolute Gasteiger partial charge is 0.436 e. The molecule has 0 atom stereocenters. The molecule has 1 N–H and O–H groups in total. The fraction of sp³-hybridized carbons (Fsp3) is 0.0909. The smallest absolute Gasteiger partial charge is 0.258 e. The molecule has 0 bridgehead atoms. The van der Waals surface area contributed by atoms with Gasteiger partial charge in [-0.15, -0.1) is 0 Å². The third-order valence-electron chi connectivity index (χ3n) is 4.33. The lowest BCUT2D eigenvalue weighted by Gasteiger charge is -2.06. The monoisotopic (exact) mass is 360 g/mol. The summed E-state index contributed by atoms with van der Waals surface area (Å²) in [6, 6.07) is 17.0. The number of nitrogens with one attached hydrogen (secondary N) is 1. The van der Waals surface area contributed by atoms with Crippen LogP contribution in [0.3, 0.4) is 0 Å². The summed E-state index contributed by atoms with van der Waals surface area (Å²) in [7, 11) is 0. The molecule has 0 unspecified atom stereocenters. The lowest BCUT2D eigenvalue weighted by Crippen LogP contribution is -2.13. The van der Waals surface area contributed by atoms with Crippen molar-refractivity contribution in [2.45, 2.75) is 13.8 Å². The Labute approximate surface area is 155 Å². The molecule has 0 aliphatic heterocycles. The average molecular weight is 360 g/mol. The van der Waals surface area contributed by atoms with Crippen LogP contribution in [0.15, 0.2) is 65.1 Å². The van der Waals surface area contributed by atoms with Gasteiger partial charge in [-0.05, 0) is 67.4 Å². The topological polar surface area (TPSA) is 55.1 Å². The van der Waals surface area contributed by atoms with Crippen LogP contribution in [0, 0.1) is 19.7 Å². The predicted molar refractivity (Wildman–Crippen MR) is 103 cm³/mol. The number of carbonyl (C=O) groups is 1. The Morgan fingerprint density at radius 2 is 1.78 bits per heavy atom. The molecule has 1 aromatic heterocycles. The lowest BCUT2D eigenvalue weighted by atomic mass is 10.1. The number of amides is 1. The minimum atomic E-state index is -0.552. The van der Waals surface area contributed by atoms with Crippen molar-refractivity contribution in [1.29, 1.82) is 0 Å². The molecule has 27 heavy (non-hydrogen) atoms. The molecule has 1 amide bonds. The van der Waals surface area contributed by atoms with Crippen LogP contribution in [-0.4, -0.2) is 10.9 Å². The number of aromatic nitrogens is 1. The molecule has 134 valence electrons. The van der Waals surface area contributed by atoms with Crippen LogP contribution < -0.4 is 5.32 Å². The fourth-order valence-corrected chi connectivity index (χ4v) is 3.04. The first-order chi connectivity index (χ1) is 13.0. The van der Waals surface area contributed by atoms with E-state index in [2.05, 4.69) is 16.4 Å². The van der Waals surface area contributed by atoms with Gasteiger partial charge in [0.1, 0.15) is 11.3 Å². The van der Waals surface area contributed by atoms with Crippen LogP contribution in [0.5, 0.6) is 0 Å². The van der Waals surface area contributed by atoms with Gasteiger partial charge in [-0.1, -0.05) is 18.2 Å². The van der Waals surface area contributed by atoms with E-state index >= 15 is 0 Å². The summed E-state index contributed by atoms with van der Waals surface area (Å²) in [6.45, 7) is 4.01. The number of rotatable bonds is 3. The maximum absolute atomic E-state index is 13.7. The predicted octanol–water partition coefficient (Wildman–Crippen LogP) is 5.50. The highest BCUT2D eigenvalue weighted by Gasteiger charge is 2.13. The van der Waals surface area contributed by atoms with E-state index in [4.69, 9.17) is 4.42 Å². The quantitative estimate of drug-likeness (QED) is 0.525. The van der Waals surface area contributed by atoms with Crippen molar-refractivity contribution in [2.24, 2.45) is 0 Å². The van der Waals surface area contributed by atoms with E-state index < -0.39 is 11.7 Å². The summed E-state index contributed by atoms with van der Waals surface area (Å²) < 4.78 is 19.6. The first-order valence-corrected chi connectivity index (χ1v) is 8.55. The summed E-state index contributed by atoms with van der Waals surface area (Å²) >= 11 is 0. The number of hydrogen-bond donors (Lipinski definition) is 1. The highest BCUT2D eigenvalue weighted by Crippen LogP contribution is 2.28. The molecular weight excluding hydrogens is 343 g/mol. The van der Waals surface area contributed by atoms with Crippen LogP contribution in [0.4, 0.5) is 10.1 Å². The average Bonchev–Trinajstić information content (AvgIpc) is 3.07. The molecule has 3 aromatic carbocycles. The van der Waals surface area contributed by atoms with Crippen LogP contribution in [-0.2, 0) is 0 Å². The van der Waals surface area contributed by atoms with Gasteiger partial charge >= 0.3 is 0 Å². The Hall–Kier alpha value is -3.47. The summed E-state index contributed by atoms with van der Waals surface area (Å²) in [5, 5.41) is 2.69. The minimum Gasteiger partial charge on any atom is -0.436 e. The Morgan fingerprint density at radius 3 is 2.52 bits per heavy atom. The molecule has 4 rings (SSSR count). The molecule has 0 aliphatic rings. The molecule has 0 saturated carbocycles. The molecular formula is C22H17FN2O2. The highest BCUT2D eigenvalue weighted by molar-refractivity contribution is 6.04. The van der Waals surface area contributed by atoms with E-state index in [9.17, 15) is 9.18 Å². The van der Waals surface area contributed by atoms with Gasteiger partial charge in [0, 0.05) is 11.3 Å². The number of anilines is 1. The number of halogens is 1. The number of oxazole rings is 1. The zero-order chi connectivity index (χ0) is 19.0. The van der Waals surface area contributed by atoms with Gasteiger partial charge < -0.3 is 9.73 Å². The van der Waals surface area contributed by atoms with E-state index in [1.54, 1.807) is 24.3 Å². The van der Waals surface area contributed by atoms with Gasteiger partial charge in [-0.2, -0.15) is 0 Å². The van der Waals surface area contributed by atoms with Crippen molar-refractivity contribution in [3.8, 4) is 11.5 Å². The van der Waals surface area contributed by atoms with Gasteiger partial charge in [-0.3, -0.25) is 4.79 Å². The number of hydrogen-bond acceptors (Lipinski definition) is 3. The van der Waals surface area contributed by atoms with Crippen LogP contribution in [0.2, 0.25) is 0 Å². The number of benzene rings is 3. The van der Waals surface area contributed by atoms with Crippen LogP contribution >= 0.6 is 0 Å². The first kappa shape index (κ1) is 17.0. The zero-order valence-electron chi connectivity index (χ0n) is 14.9. The first-order valence-electron chi connectivity index (χ1n) is 8.55. The molecule has 0 aliphatic carbocycles. The Morgan fingerprint density at radius 1 is 1.04 bits per heavy atom. The van der Waals surface area contributed by atoms with Gasteiger partial charge in [-0.25, -0.2) is 9.37 Å². The molecule has 0 saturated heterocycles. The molecule has 0 radical (unpaired) electrons. The third kappa shape index (κ3) is 3.31. The maximum Gasteiger partial charge on any atom is 0.258 e. The van der Waals surface area contributed by atoms with E-state index in [1.807, 2.05) is 32.0 Å². The summed E-state index contributed by atoms with van der Waals surface area (Å²) in [6.07, 6.45) is 0. The molecule has 5 heteroatoms. The van der Waals surface area contributed by atoms with Crippen LogP contribution in [0.25, 0.3) is 22.6 Å². The molecule has 0 fully saturated rings. The zero-order valence-corrected chi connectivity index (χ0v) is 14.9. The molecule has 0 spiro atoms. The lowest BCUT2D eigenvalue weighted by molar-refractivity contribution is 0.102. The summed E-state index contributed by atoms with van der Waals surface area (Å²) in [5.41, 5.74) is 5.13. The normalized spacial score (nSPS) is 10.9. The van der Waals surface area contributed by atoms with E-state index in [-0.39, 0.29) is 5.56 Å². The van der Waals surface area contributed by atoms with Crippen molar-refractivity contribution in [1.82, 2.24) is 4.98 Å². The van der Waals surface area contributed by atoms with Gasteiger partial charge in [0.05, 0.1) is 5.56 Å². The van der Waals surface area contributed by atoms with E-state index in [1.165, 1.54) is 12.1 Å². The van der Waals surface area contributed by atoms with Crippen molar-refractivity contribution in [3.05, 3.63) is 83.2 Å². The SMILES string of the molecule is Cc1cc(C)c2oc(-c3ccc(NC(=O)c4ccccc4F)cc3)nc2c1. The van der Waals surface area contributed by atoms with Crippen LogP contribution in [0.1, 0.15) is 21.5 Å².